The Hall–Kier alpha value is -2.89. The minimum atomic E-state index is -0.909. The van der Waals surface area contributed by atoms with Crippen molar-refractivity contribution in [2.45, 2.75) is 13.0 Å². The number of urea groups is 1. The quantitative estimate of drug-likeness (QED) is 0.784. The van der Waals surface area contributed by atoms with E-state index in [1.807, 2.05) is 6.07 Å². The molecule has 1 aromatic carbocycles. The van der Waals surface area contributed by atoms with Crippen molar-refractivity contribution < 1.29 is 14.7 Å². The molecule has 0 saturated carbocycles. The number of pyridine rings is 1. The van der Waals surface area contributed by atoms with E-state index in [1.165, 1.54) is 0 Å². The number of benzene rings is 1. The Labute approximate surface area is 121 Å². The fourth-order valence-electron chi connectivity index (χ4n) is 1.79. The number of hydrogen-bond acceptors (Lipinski definition) is 3. The number of hydrogen-bond donors (Lipinski definition) is 3. The molecule has 1 heterocycles. The second-order valence-electron chi connectivity index (χ2n) is 4.44. The van der Waals surface area contributed by atoms with Gasteiger partial charge >= 0.3 is 12.0 Å². The lowest BCUT2D eigenvalue weighted by molar-refractivity contribution is -0.136. The molecule has 0 atom stereocenters. The third-order valence-electron chi connectivity index (χ3n) is 2.72. The third kappa shape index (κ3) is 4.94. The molecule has 0 bridgehead atoms. The molecule has 6 heteroatoms. The molecular formula is C15H15N3O3. The summed E-state index contributed by atoms with van der Waals surface area (Å²) in [6.45, 7) is 0.370. The van der Waals surface area contributed by atoms with Gasteiger partial charge in [0.05, 0.1) is 6.42 Å². The molecule has 0 spiro atoms. The van der Waals surface area contributed by atoms with E-state index in [1.54, 1.807) is 42.7 Å². The number of carboxylic acids is 1. The van der Waals surface area contributed by atoms with E-state index in [-0.39, 0.29) is 12.5 Å². The molecule has 3 N–H and O–H groups in total. The molecule has 0 aliphatic heterocycles. The highest BCUT2D eigenvalue weighted by Crippen LogP contribution is 2.11. The van der Waals surface area contributed by atoms with Crippen molar-refractivity contribution in [2.24, 2.45) is 0 Å². The van der Waals surface area contributed by atoms with Crippen LogP contribution in [0.2, 0.25) is 0 Å². The molecule has 0 fully saturated rings. The smallest absolute Gasteiger partial charge is 0.319 e. The van der Waals surface area contributed by atoms with E-state index in [0.717, 1.165) is 5.56 Å². The number of anilines is 1. The molecule has 2 aromatic rings. The monoisotopic (exact) mass is 285 g/mol. The van der Waals surface area contributed by atoms with Gasteiger partial charge in [-0.25, -0.2) is 4.79 Å². The van der Waals surface area contributed by atoms with Gasteiger partial charge < -0.3 is 15.7 Å². The Kier molecular flexibility index (Phi) is 4.87. The molecule has 2 amide bonds. The average Bonchev–Trinajstić information content (AvgIpc) is 2.46. The van der Waals surface area contributed by atoms with Crippen LogP contribution in [0.3, 0.4) is 0 Å². The maximum atomic E-state index is 11.8. The summed E-state index contributed by atoms with van der Waals surface area (Å²) in [4.78, 5) is 26.4. The van der Waals surface area contributed by atoms with Crippen LogP contribution < -0.4 is 10.6 Å². The predicted octanol–water partition coefficient (Wildman–Crippen LogP) is 2.03. The van der Waals surface area contributed by atoms with Crippen molar-refractivity contribution >= 4 is 17.7 Å². The minimum absolute atomic E-state index is 0.0766. The lowest BCUT2D eigenvalue weighted by Crippen LogP contribution is -2.28. The fourth-order valence-corrected chi connectivity index (χ4v) is 1.79. The Morgan fingerprint density at radius 1 is 1.14 bits per heavy atom. The number of carboxylic acid groups (broad SMARTS) is 1. The van der Waals surface area contributed by atoms with E-state index in [4.69, 9.17) is 5.11 Å². The maximum absolute atomic E-state index is 11.8. The number of amides is 2. The molecule has 21 heavy (non-hydrogen) atoms. The van der Waals surface area contributed by atoms with Gasteiger partial charge in [-0.2, -0.15) is 0 Å². The molecular weight excluding hydrogens is 270 g/mol. The highest BCUT2D eigenvalue weighted by molar-refractivity contribution is 5.89. The van der Waals surface area contributed by atoms with Gasteiger partial charge in [-0.15, -0.1) is 0 Å². The molecule has 1 aromatic heterocycles. The summed E-state index contributed by atoms with van der Waals surface area (Å²) >= 11 is 0. The number of nitrogens with zero attached hydrogens (tertiary/aromatic N) is 1. The van der Waals surface area contributed by atoms with Crippen LogP contribution in [-0.4, -0.2) is 22.1 Å². The second kappa shape index (κ2) is 7.04. The fraction of sp³-hybridized carbons (Fsp3) is 0.133. The zero-order chi connectivity index (χ0) is 15.1. The molecule has 0 aliphatic rings. The van der Waals surface area contributed by atoms with E-state index < -0.39 is 5.97 Å². The van der Waals surface area contributed by atoms with Crippen molar-refractivity contribution in [1.82, 2.24) is 10.3 Å². The third-order valence-corrected chi connectivity index (χ3v) is 2.72. The summed E-state index contributed by atoms with van der Waals surface area (Å²) in [5, 5.41) is 14.1. The molecule has 0 radical (unpaired) electrons. The Bertz CT molecular complexity index is 629. The molecule has 6 nitrogen and oxygen atoms in total. The SMILES string of the molecule is O=C(O)Cc1cccc(NC(=O)NCc2cccnc2)c1. The number of nitrogens with one attached hydrogen (secondary N) is 2. The van der Waals surface area contributed by atoms with Crippen molar-refractivity contribution in [1.29, 1.82) is 0 Å². The number of aliphatic carboxylic acids is 1. The van der Waals surface area contributed by atoms with Gasteiger partial charge in [0, 0.05) is 24.6 Å². The van der Waals surface area contributed by atoms with Crippen LogP contribution >= 0.6 is 0 Å². The first-order valence-electron chi connectivity index (χ1n) is 6.38. The number of carbonyl (C=O) groups excluding carboxylic acids is 1. The van der Waals surface area contributed by atoms with Crippen LogP contribution in [0.4, 0.5) is 10.5 Å². The molecule has 108 valence electrons. The van der Waals surface area contributed by atoms with Crippen LogP contribution in [0.15, 0.2) is 48.8 Å². The minimum Gasteiger partial charge on any atom is -0.481 e. The summed E-state index contributed by atoms with van der Waals surface area (Å²) in [6, 6.07) is 10.0. The first kappa shape index (κ1) is 14.5. The Balaban J connectivity index is 1.89. The van der Waals surface area contributed by atoms with E-state index >= 15 is 0 Å². The van der Waals surface area contributed by atoms with Gasteiger partial charge in [0.2, 0.25) is 0 Å². The van der Waals surface area contributed by atoms with Crippen LogP contribution in [0, 0.1) is 0 Å². The standard InChI is InChI=1S/C15H15N3O3/c19-14(20)8-11-3-1-5-13(7-11)18-15(21)17-10-12-4-2-6-16-9-12/h1-7,9H,8,10H2,(H,19,20)(H2,17,18,21). The highest BCUT2D eigenvalue weighted by Gasteiger charge is 2.04. The summed E-state index contributed by atoms with van der Waals surface area (Å²) in [6.07, 6.45) is 3.26. The van der Waals surface area contributed by atoms with Gasteiger partial charge in [0.15, 0.2) is 0 Å². The van der Waals surface area contributed by atoms with E-state index in [2.05, 4.69) is 15.6 Å². The van der Waals surface area contributed by atoms with Crippen molar-refractivity contribution in [3.8, 4) is 0 Å². The molecule has 0 unspecified atom stereocenters. The summed E-state index contributed by atoms with van der Waals surface area (Å²) in [5.41, 5.74) is 2.08. The topological polar surface area (TPSA) is 91.3 Å². The number of aromatic nitrogens is 1. The van der Waals surface area contributed by atoms with Gasteiger partial charge in [-0.05, 0) is 29.3 Å². The summed E-state index contributed by atoms with van der Waals surface area (Å²) in [5.74, 6) is -0.909. The second-order valence-corrected chi connectivity index (χ2v) is 4.44. The highest BCUT2D eigenvalue weighted by atomic mass is 16.4. The van der Waals surface area contributed by atoms with Gasteiger partial charge in [-0.3, -0.25) is 9.78 Å². The summed E-state index contributed by atoms with van der Waals surface area (Å²) in [7, 11) is 0. The normalized spacial score (nSPS) is 9.90. The lowest BCUT2D eigenvalue weighted by Gasteiger charge is -2.08. The largest absolute Gasteiger partial charge is 0.481 e. The van der Waals surface area contributed by atoms with Gasteiger partial charge in [-0.1, -0.05) is 18.2 Å². The van der Waals surface area contributed by atoms with Crippen LogP contribution in [0.5, 0.6) is 0 Å². The zero-order valence-corrected chi connectivity index (χ0v) is 11.2. The number of rotatable bonds is 5. The molecule has 2 rings (SSSR count). The predicted molar refractivity (Wildman–Crippen MR) is 77.9 cm³/mol. The van der Waals surface area contributed by atoms with Crippen LogP contribution in [-0.2, 0) is 17.8 Å². The van der Waals surface area contributed by atoms with Crippen molar-refractivity contribution in [3.63, 3.8) is 0 Å². The van der Waals surface area contributed by atoms with Crippen LogP contribution in [0.25, 0.3) is 0 Å². The van der Waals surface area contributed by atoms with Crippen molar-refractivity contribution in [3.05, 3.63) is 59.9 Å². The first-order valence-corrected chi connectivity index (χ1v) is 6.38. The van der Waals surface area contributed by atoms with Gasteiger partial charge in [0.1, 0.15) is 0 Å². The Morgan fingerprint density at radius 2 is 1.95 bits per heavy atom. The number of carbonyl (C=O) groups is 2. The first-order chi connectivity index (χ1) is 10.1. The van der Waals surface area contributed by atoms with Crippen molar-refractivity contribution in [2.75, 3.05) is 5.32 Å². The maximum Gasteiger partial charge on any atom is 0.319 e. The lowest BCUT2D eigenvalue weighted by atomic mass is 10.1. The molecule has 0 saturated heterocycles. The Morgan fingerprint density at radius 3 is 2.67 bits per heavy atom. The van der Waals surface area contributed by atoms with E-state index in [0.29, 0.717) is 17.8 Å². The zero-order valence-electron chi connectivity index (χ0n) is 11.2. The average molecular weight is 285 g/mol. The van der Waals surface area contributed by atoms with Gasteiger partial charge in [0.25, 0.3) is 0 Å². The van der Waals surface area contributed by atoms with Crippen LogP contribution in [0.1, 0.15) is 11.1 Å². The summed E-state index contributed by atoms with van der Waals surface area (Å²) < 4.78 is 0. The van der Waals surface area contributed by atoms with E-state index in [9.17, 15) is 9.59 Å². The molecule has 0 aliphatic carbocycles.